The first-order valence-corrected chi connectivity index (χ1v) is 10.4. The highest BCUT2D eigenvalue weighted by atomic mass is 35.5. The summed E-state index contributed by atoms with van der Waals surface area (Å²) in [6.45, 7) is 2.14. The van der Waals surface area contributed by atoms with Gasteiger partial charge in [-0.2, -0.15) is 0 Å². The standard InChI is InChI=1S/C24H22Cl2N2O/c1-2-15-6-8-16(9-7-15)21-14-22(20-13-19(26)10-11-23(20)29)28-24(27-21)17-4-3-5-18(25)12-17/h3-13,22,24,28-29H,2,14H2,1H3/t22-,24-/m1/s1. The van der Waals surface area contributed by atoms with E-state index in [2.05, 4.69) is 36.5 Å². The van der Waals surface area contributed by atoms with Gasteiger partial charge in [-0.1, -0.05) is 66.5 Å². The molecule has 148 valence electrons. The van der Waals surface area contributed by atoms with Crippen LogP contribution in [-0.4, -0.2) is 10.8 Å². The molecule has 1 aliphatic rings. The number of aromatic hydroxyl groups is 1. The Morgan fingerprint density at radius 2 is 1.76 bits per heavy atom. The SMILES string of the molecule is CCc1ccc(C2=N[C@@H](c3cccc(Cl)c3)N[C@@H](c3cc(Cl)ccc3O)C2)cc1. The molecular weight excluding hydrogens is 403 g/mol. The normalized spacial score (nSPS) is 19.1. The highest BCUT2D eigenvalue weighted by Gasteiger charge is 2.28. The molecule has 0 spiro atoms. The maximum atomic E-state index is 10.5. The second kappa shape index (κ2) is 8.58. The molecule has 0 radical (unpaired) electrons. The Labute approximate surface area is 181 Å². The molecule has 0 aromatic heterocycles. The maximum Gasteiger partial charge on any atom is 0.126 e. The first kappa shape index (κ1) is 20.0. The Bertz CT molecular complexity index is 1050. The van der Waals surface area contributed by atoms with Gasteiger partial charge in [0.05, 0.1) is 0 Å². The molecule has 3 nitrogen and oxygen atoms in total. The molecule has 0 aliphatic carbocycles. The van der Waals surface area contributed by atoms with Crippen LogP contribution in [0.25, 0.3) is 0 Å². The van der Waals surface area contributed by atoms with Crippen LogP contribution in [0.3, 0.4) is 0 Å². The summed E-state index contributed by atoms with van der Waals surface area (Å²) < 4.78 is 0. The second-order valence-electron chi connectivity index (χ2n) is 7.21. The predicted octanol–water partition coefficient (Wildman–Crippen LogP) is 6.48. The molecular formula is C24H22Cl2N2O. The van der Waals surface area contributed by atoms with Crippen LogP contribution < -0.4 is 5.32 Å². The lowest BCUT2D eigenvalue weighted by Gasteiger charge is -2.31. The summed E-state index contributed by atoms with van der Waals surface area (Å²) in [4.78, 5) is 4.98. The molecule has 0 fully saturated rings. The fourth-order valence-corrected chi connectivity index (χ4v) is 4.04. The fourth-order valence-electron chi connectivity index (χ4n) is 3.67. The summed E-state index contributed by atoms with van der Waals surface area (Å²) in [6.07, 6.45) is 1.38. The lowest BCUT2D eigenvalue weighted by molar-refractivity contribution is 0.413. The molecule has 3 aromatic rings. The first-order chi connectivity index (χ1) is 14.0. The van der Waals surface area contributed by atoms with E-state index in [0.29, 0.717) is 16.5 Å². The average Bonchev–Trinajstić information content (AvgIpc) is 2.75. The minimum absolute atomic E-state index is 0.129. The van der Waals surface area contributed by atoms with Gasteiger partial charge in [0.25, 0.3) is 0 Å². The Morgan fingerprint density at radius 1 is 1.00 bits per heavy atom. The maximum absolute atomic E-state index is 10.5. The van der Waals surface area contributed by atoms with Crippen LogP contribution in [0.4, 0.5) is 0 Å². The number of nitrogens with zero attached hydrogens (tertiary/aromatic N) is 1. The predicted molar refractivity (Wildman–Crippen MR) is 120 cm³/mol. The lowest BCUT2D eigenvalue weighted by Crippen LogP contribution is -2.33. The molecule has 3 aromatic carbocycles. The minimum atomic E-state index is -0.272. The topological polar surface area (TPSA) is 44.6 Å². The Hall–Kier alpha value is -2.33. The third-order valence-electron chi connectivity index (χ3n) is 5.27. The van der Waals surface area contributed by atoms with Gasteiger partial charge in [-0.05, 0) is 53.4 Å². The van der Waals surface area contributed by atoms with E-state index in [1.54, 1.807) is 12.1 Å². The number of phenols is 1. The third-order valence-corrected chi connectivity index (χ3v) is 5.74. The monoisotopic (exact) mass is 424 g/mol. The largest absolute Gasteiger partial charge is 0.508 e. The molecule has 4 rings (SSSR count). The van der Waals surface area contributed by atoms with Crippen LogP contribution in [-0.2, 0) is 6.42 Å². The van der Waals surface area contributed by atoms with Gasteiger partial charge in [0.1, 0.15) is 11.9 Å². The van der Waals surface area contributed by atoms with Gasteiger partial charge in [0.2, 0.25) is 0 Å². The fraction of sp³-hybridized carbons (Fsp3) is 0.208. The van der Waals surface area contributed by atoms with Gasteiger partial charge < -0.3 is 5.11 Å². The lowest BCUT2D eigenvalue weighted by atomic mass is 9.93. The van der Waals surface area contributed by atoms with Crippen molar-refractivity contribution in [3.63, 3.8) is 0 Å². The van der Waals surface area contributed by atoms with Crippen molar-refractivity contribution in [3.8, 4) is 5.75 Å². The van der Waals surface area contributed by atoms with Crippen LogP contribution >= 0.6 is 23.2 Å². The minimum Gasteiger partial charge on any atom is -0.508 e. The van der Waals surface area contributed by atoms with E-state index in [0.717, 1.165) is 28.8 Å². The average molecular weight is 425 g/mol. The number of aliphatic imine (C=N–C) groups is 1. The molecule has 0 amide bonds. The first-order valence-electron chi connectivity index (χ1n) is 9.69. The molecule has 1 heterocycles. The quantitative estimate of drug-likeness (QED) is 0.502. The van der Waals surface area contributed by atoms with Gasteiger partial charge in [-0.15, -0.1) is 0 Å². The van der Waals surface area contributed by atoms with Gasteiger partial charge in [0, 0.05) is 33.8 Å². The molecule has 5 heteroatoms. The van der Waals surface area contributed by atoms with Gasteiger partial charge in [0.15, 0.2) is 0 Å². The Kier molecular flexibility index (Phi) is 5.91. The van der Waals surface area contributed by atoms with Gasteiger partial charge >= 0.3 is 0 Å². The summed E-state index contributed by atoms with van der Waals surface area (Å²) in [5, 5.41) is 15.3. The van der Waals surface area contributed by atoms with Gasteiger partial charge in [-0.25, -0.2) is 0 Å². The second-order valence-corrected chi connectivity index (χ2v) is 8.08. The smallest absolute Gasteiger partial charge is 0.126 e. The molecule has 0 saturated heterocycles. The van der Waals surface area contributed by atoms with Crippen molar-refractivity contribution < 1.29 is 5.11 Å². The highest BCUT2D eigenvalue weighted by molar-refractivity contribution is 6.31. The van der Waals surface area contributed by atoms with Gasteiger partial charge in [-0.3, -0.25) is 10.3 Å². The van der Waals surface area contributed by atoms with Crippen molar-refractivity contribution in [2.45, 2.75) is 32.0 Å². The van der Waals surface area contributed by atoms with Crippen molar-refractivity contribution in [1.29, 1.82) is 0 Å². The van der Waals surface area contributed by atoms with Crippen LogP contribution in [0.1, 0.15) is 47.8 Å². The Balaban J connectivity index is 1.76. The number of aryl methyl sites for hydroxylation is 1. The highest BCUT2D eigenvalue weighted by Crippen LogP contribution is 2.36. The van der Waals surface area contributed by atoms with E-state index in [1.165, 1.54) is 5.56 Å². The van der Waals surface area contributed by atoms with E-state index >= 15 is 0 Å². The van der Waals surface area contributed by atoms with Crippen molar-refractivity contribution in [2.24, 2.45) is 4.99 Å². The molecule has 0 bridgehead atoms. The van der Waals surface area contributed by atoms with Crippen molar-refractivity contribution in [3.05, 3.63) is 99.0 Å². The zero-order valence-corrected chi connectivity index (χ0v) is 17.6. The molecule has 2 N–H and O–H groups in total. The van der Waals surface area contributed by atoms with E-state index in [4.69, 9.17) is 28.2 Å². The molecule has 1 aliphatic heterocycles. The summed E-state index contributed by atoms with van der Waals surface area (Å²) in [5.74, 6) is 0.222. The number of hydrogen-bond donors (Lipinski definition) is 2. The van der Waals surface area contributed by atoms with Crippen molar-refractivity contribution >= 4 is 28.9 Å². The van der Waals surface area contributed by atoms with Crippen LogP contribution in [0.2, 0.25) is 10.0 Å². The van der Waals surface area contributed by atoms with Crippen LogP contribution in [0.5, 0.6) is 5.75 Å². The number of phenolic OH excluding ortho intramolecular Hbond substituents is 1. The van der Waals surface area contributed by atoms with E-state index in [1.807, 2.05) is 30.3 Å². The summed E-state index contributed by atoms with van der Waals surface area (Å²) in [5.41, 5.74) is 5.11. The van der Waals surface area contributed by atoms with Crippen LogP contribution in [0, 0.1) is 0 Å². The van der Waals surface area contributed by atoms with Crippen molar-refractivity contribution in [2.75, 3.05) is 0 Å². The van der Waals surface area contributed by atoms with E-state index in [9.17, 15) is 5.11 Å². The van der Waals surface area contributed by atoms with Crippen molar-refractivity contribution in [1.82, 2.24) is 5.32 Å². The molecule has 0 unspecified atom stereocenters. The number of benzene rings is 3. The Morgan fingerprint density at radius 3 is 2.48 bits per heavy atom. The third kappa shape index (κ3) is 4.48. The number of hydrogen-bond acceptors (Lipinski definition) is 3. The van der Waals surface area contributed by atoms with E-state index in [-0.39, 0.29) is 18.0 Å². The number of halogens is 2. The summed E-state index contributed by atoms with van der Waals surface area (Å²) in [7, 11) is 0. The zero-order chi connectivity index (χ0) is 20.4. The summed E-state index contributed by atoms with van der Waals surface area (Å²) in [6, 6.07) is 21.2. The number of nitrogens with one attached hydrogen (secondary N) is 1. The van der Waals surface area contributed by atoms with Crippen LogP contribution in [0.15, 0.2) is 71.7 Å². The molecule has 0 saturated carbocycles. The molecule has 29 heavy (non-hydrogen) atoms. The number of rotatable bonds is 4. The molecule has 2 atom stereocenters. The van der Waals surface area contributed by atoms with E-state index < -0.39 is 0 Å². The summed E-state index contributed by atoms with van der Waals surface area (Å²) >= 11 is 12.4. The zero-order valence-electron chi connectivity index (χ0n) is 16.1.